The second-order valence-electron chi connectivity index (χ2n) is 10.4. The number of rotatable bonds is 6. The van der Waals surface area contributed by atoms with Crippen molar-refractivity contribution in [3.05, 3.63) is 0 Å². The average Bonchev–Trinajstić information content (AvgIpc) is 2.69. The molecule has 0 atom stereocenters. The van der Waals surface area contributed by atoms with Gasteiger partial charge in [0.2, 0.25) is 11.8 Å². The maximum atomic E-state index is 12.6. The van der Waals surface area contributed by atoms with Gasteiger partial charge in [0.05, 0.1) is 19.7 Å². The lowest BCUT2D eigenvalue weighted by molar-refractivity contribution is -0.134. The van der Waals surface area contributed by atoms with E-state index in [0.29, 0.717) is 32.8 Å². The van der Waals surface area contributed by atoms with Gasteiger partial charge >= 0.3 is 6.09 Å². The summed E-state index contributed by atoms with van der Waals surface area (Å²) in [6.07, 6.45) is 7.62. The Balaban J connectivity index is 1.18. The van der Waals surface area contributed by atoms with Gasteiger partial charge in [-0.1, -0.05) is 0 Å². The molecule has 30 heavy (non-hydrogen) atoms. The van der Waals surface area contributed by atoms with Crippen LogP contribution in [0.25, 0.3) is 0 Å². The van der Waals surface area contributed by atoms with Crippen LogP contribution in [0.15, 0.2) is 0 Å². The number of nitrogens with one attached hydrogen (secondary N) is 1. The van der Waals surface area contributed by atoms with Crippen LogP contribution in [0.1, 0.15) is 38.5 Å². The van der Waals surface area contributed by atoms with Crippen LogP contribution in [0.4, 0.5) is 4.79 Å². The van der Waals surface area contributed by atoms with Gasteiger partial charge in [-0.25, -0.2) is 4.79 Å². The molecule has 0 spiro atoms. The van der Waals surface area contributed by atoms with E-state index in [2.05, 4.69) is 5.32 Å². The minimum Gasteiger partial charge on any atom is -0.449 e. The molecule has 8 nitrogen and oxygen atoms in total. The highest BCUT2D eigenvalue weighted by Crippen LogP contribution is 2.60. The third-order valence-corrected chi connectivity index (χ3v) is 7.45. The quantitative estimate of drug-likeness (QED) is 0.697. The SMILES string of the molecule is CN(C)CC(=O)NCC(=O)N1CCN(C(=O)OCC23CC4CC(CC(C4)C2)C3)CC1. The van der Waals surface area contributed by atoms with Crippen molar-refractivity contribution in [2.45, 2.75) is 38.5 Å². The van der Waals surface area contributed by atoms with E-state index >= 15 is 0 Å². The first-order valence-electron chi connectivity index (χ1n) is 11.4. The van der Waals surface area contributed by atoms with Crippen molar-refractivity contribution in [3.63, 3.8) is 0 Å². The van der Waals surface area contributed by atoms with E-state index in [1.54, 1.807) is 14.7 Å². The number of nitrogens with zero attached hydrogens (tertiary/aromatic N) is 3. The largest absolute Gasteiger partial charge is 0.449 e. The summed E-state index contributed by atoms with van der Waals surface area (Å²) in [5, 5.41) is 2.65. The zero-order chi connectivity index (χ0) is 21.3. The minimum atomic E-state index is -0.239. The van der Waals surface area contributed by atoms with E-state index in [4.69, 9.17) is 4.74 Å². The van der Waals surface area contributed by atoms with Crippen LogP contribution in [0, 0.1) is 23.2 Å². The summed E-state index contributed by atoms with van der Waals surface area (Å²) in [6, 6.07) is 0. The molecule has 4 aliphatic carbocycles. The van der Waals surface area contributed by atoms with Crippen molar-refractivity contribution in [1.29, 1.82) is 0 Å². The normalized spacial score (nSPS) is 32.4. The molecule has 0 unspecified atom stereocenters. The fourth-order valence-corrected chi connectivity index (χ4v) is 6.54. The Bertz CT molecular complexity index is 637. The van der Waals surface area contributed by atoms with Gasteiger partial charge in [-0.3, -0.25) is 9.59 Å². The van der Waals surface area contributed by atoms with Gasteiger partial charge in [0.1, 0.15) is 0 Å². The summed E-state index contributed by atoms with van der Waals surface area (Å²) in [5.74, 6) is 2.28. The molecule has 8 heteroatoms. The van der Waals surface area contributed by atoms with E-state index in [1.807, 2.05) is 14.1 Å². The molecule has 0 aromatic rings. The number of hydrogen-bond donors (Lipinski definition) is 1. The highest BCUT2D eigenvalue weighted by Gasteiger charge is 2.51. The van der Waals surface area contributed by atoms with Gasteiger partial charge in [0, 0.05) is 31.6 Å². The molecule has 0 aromatic carbocycles. The van der Waals surface area contributed by atoms with Crippen molar-refractivity contribution in [3.8, 4) is 0 Å². The van der Waals surface area contributed by atoms with E-state index in [9.17, 15) is 14.4 Å². The molecule has 1 N–H and O–H groups in total. The second-order valence-corrected chi connectivity index (χ2v) is 10.4. The summed E-state index contributed by atoms with van der Waals surface area (Å²) in [7, 11) is 3.62. The highest BCUT2D eigenvalue weighted by molar-refractivity contribution is 5.85. The Labute approximate surface area is 179 Å². The minimum absolute atomic E-state index is 0.00311. The van der Waals surface area contributed by atoms with Crippen LogP contribution in [0.3, 0.4) is 0 Å². The first-order valence-corrected chi connectivity index (χ1v) is 11.4. The Morgan fingerprint density at radius 2 is 1.47 bits per heavy atom. The first kappa shape index (κ1) is 21.4. The topological polar surface area (TPSA) is 82.2 Å². The molecular weight excluding hydrogens is 384 g/mol. The monoisotopic (exact) mass is 420 g/mol. The summed E-state index contributed by atoms with van der Waals surface area (Å²) in [4.78, 5) is 41.8. The van der Waals surface area contributed by atoms with Crippen molar-refractivity contribution < 1.29 is 19.1 Å². The van der Waals surface area contributed by atoms with Gasteiger partial charge in [0.25, 0.3) is 0 Å². The lowest BCUT2D eigenvalue weighted by Crippen LogP contribution is -2.53. The Hall–Kier alpha value is -1.83. The van der Waals surface area contributed by atoms with Gasteiger partial charge in [-0.15, -0.1) is 0 Å². The molecule has 5 fully saturated rings. The van der Waals surface area contributed by atoms with E-state index in [-0.39, 0.29) is 36.4 Å². The molecule has 1 aliphatic heterocycles. The smallest absolute Gasteiger partial charge is 0.409 e. The molecular formula is C22H36N4O4. The predicted octanol–water partition coefficient (Wildman–Crippen LogP) is 1.16. The molecule has 0 aromatic heterocycles. The van der Waals surface area contributed by atoms with Crippen LogP contribution >= 0.6 is 0 Å². The molecule has 5 aliphatic rings. The Morgan fingerprint density at radius 1 is 0.933 bits per heavy atom. The number of carbonyl (C=O) groups excluding carboxylic acids is 3. The maximum Gasteiger partial charge on any atom is 0.409 e. The standard InChI is InChI=1S/C22H36N4O4/c1-24(2)14-19(27)23-13-20(28)25-3-5-26(6-4-25)21(29)30-15-22-10-16-7-17(11-22)9-18(8-16)12-22/h16-18H,3-15H2,1-2H3,(H,23,27). The average molecular weight is 421 g/mol. The molecule has 1 heterocycles. The van der Waals surface area contributed by atoms with Crippen molar-refractivity contribution in [2.75, 3.05) is 60.0 Å². The third kappa shape index (κ3) is 4.90. The van der Waals surface area contributed by atoms with Crippen molar-refractivity contribution >= 4 is 17.9 Å². The number of piperazine rings is 1. The van der Waals surface area contributed by atoms with Crippen LogP contribution in [0.2, 0.25) is 0 Å². The molecule has 5 rings (SSSR count). The molecule has 1 saturated heterocycles. The summed E-state index contributed by atoms with van der Waals surface area (Å²) in [5.41, 5.74) is 0.229. The molecule has 168 valence electrons. The Kier molecular flexibility index (Phi) is 6.23. The van der Waals surface area contributed by atoms with Crippen LogP contribution in [-0.2, 0) is 14.3 Å². The van der Waals surface area contributed by atoms with E-state index in [0.717, 1.165) is 17.8 Å². The predicted molar refractivity (Wildman–Crippen MR) is 112 cm³/mol. The third-order valence-electron chi connectivity index (χ3n) is 7.45. The van der Waals surface area contributed by atoms with Crippen LogP contribution in [0.5, 0.6) is 0 Å². The first-order chi connectivity index (χ1) is 14.3. The second kappa shape index (κ2) is 8.73. The lowest BCUT2D eigenvalue weighted by atomic mass is 9.50. The summed E-state index contributed by atoms with van der Waals surface area (Å²) >= 11 is 0. The zero-order valence-corrected chi connectivity index (χ0v) is 18.4. The summed E-state index contributed by atoms with van der Waals surface area (Å²) in [6.45, 7) is 2.75. The fraction of sp³-hybridized carbons (Fsp3) is 0.864. The highest BCUT2D eigenvalue weighted by atomic mass is 16.6. The maximum absolute atomic E-state index is 12.6. The van der Waals surface area contributed by atoms with E-state index in [1.165, 1.54) is 38.5 Å². The number of carbonyl (C=O) groups is 3. The van der Waals surface area contributed by atoms with Crippen molar-refractivity contribution in [1.82, 2.24) is 20.0 Å². The number of amides is 3. The zero-order valence-electron chi connectivity index (χ0n) is 18.4. The van der Waals surface area contributed by atoms with Crippen LogP contribution < -0.4 is 5.32 Å². The van der Waals surface area contributed by atoms with Crippen LogP contribution in [-0.4, -0.2) is 92.6 Å². The fourth-order valence-electron chi connectivity index (χ4n) is 6.54. The van der Waals surface area contributed by atoms with Gasteiger partial charge < -0.3 is 24.8 Å². The number of likely N-dealkylation sites (N-methyl/N-ethyl adjacent to an activating group) is 1. The van der Waals surface area contributed by atoms with E-state index < -0.39 is 0 Å². The lowest BCUT2D eigenvalue weighted by Gasteiger charge is -2.56. The molecule has 3 amide bonds. The molecule has 4 bridgehead atoms. The van der Waals surface area contributed by atoms with Gasteiger partial charge in [0.15, 0.2) is 0 Å². The molecule has 4 saturated carbocycles. The summed E-state index contributed by atoms with van der Waals surface area (Å²) < 4.78 is 5.80. The van der Waals surface area contributed by atoms with Gasteiger partial charge in [-0.05, 0) is 70.4 Å². The molecule has 0 radical (unpaired) electrons. The van der Waals surface area contributed by atoms with Crippen molar-refractivity contribution in [2.24, 2.45) is 23.2 Å². The number of hydrogen-bond acceptors (Lipinski definition) is 5. The Morgan fingerprint density at radius 3 is 2.00 bits per heavy atom. The van der Waals surface area contributed by atoms with Gasteiger partial charge in [-0.2, -0.15) is 0 Å². The number of ether oxygens (including phenoxy) is 1.